The van der Waals surface area contributed by atoms with Crippen molar-refractivity contribution in [3.63, 3.8) is 0 Å². The second kappa shape index (κ2) is 7.78. The van der Waals surface area contributed by atoms with E-state index >= 15 is 0 Å². The first kappa shape index (κ1) is 19.2. The third-order valence-corrected chi connectivity index (χ3v) is 6.73. The molecule has 1 aromatic carbocycles. The number of para-hydroxylation sites is 1. The smallest absolute Gasteiger partial charge is 0.0870 e. The van der Waals surface area contributed by atoms with Crippen LogP contribution in [0.1, 0.15) is 45.3 Å². The predicted octanol–water partition coefficient (Wildman–Crippen LogP) is 5.37. The maximum Gasteiger partial charge on any atom is 0.0870 e. The largest absolute Gasteiger partial charge is 0.376 e. The highest BCUT2D eigenvalue weighted by molar-refractivity contribution is 5.66. The molecule has 156 valence electrons. The number of aryl methyl sites for hydroxylation is 1. The number of nitrogens with zero attached hydrogens (tertiary/aromatic N) is 4. The molecular weight excluding hydrogens is 370 g/mol. The van der Waals surface area contributed by atoms with Gasteiger partial charge in [-0.3, -0.25) is 4.68 Å². The first-order valence-corrected chi connectivity index (χ1v) is 11.3. The Kier molecular flexibility index (Phi) is 4.97. The second-order valence-electron chi connectivity index (χ2n) is 8.65. The van der Waals surface area contributed by atoms with Crippen LogP contribution in [0.25, 0.3) is 11.3 Å². The minimum Gasteiger partial charge on any atom is -0.376 e. The van der Waals surface area contributed by atoms with Crippen LogP contribution in [0.5, 0.6) is 0 Å². The number of aromatic nitrogens is 3. The van der Waals surface area contributed by atoms with Gasteiger partial charge in [-0.2, -0.15) is 5.10 Å². The maximum atomic E-state index is 5.21. The number of fused-ring (bicyclic) bond motifs is 1. The van der Waals surface area contributed by atoms with Crippen molar-refractivity contribution in [3.8, 4) is 11.3 Å². The molecule has 0 spiro atoms. The molecule has 1 fully saturated rings. The van der Waals surface area contributed by atoms with Crippen LogP contribution in [0.4, 0.5) is 11.4 Å². The van der Waals surface area contributed by atoms with E-state index in [9.17, 15) is 0 Å². The molecule has 30 heavy (non-hydrogen) atoms. The molecule has 3 aromatic rings. The number of anilines is 2. The lowest BCUT2D eigenvalue weighted by molar-refractivity contribution is 0.328. The van der Waals surface area contributed by atoms with E-state index in [2.05, 4.69) is 84.7 Å². The van der Waals surface area contributed by atoms with E-state index in [1.165, 1.54) is 18.5 Å². The molecule has 1 N–H and O–H groups in total. The zero-order valence-electron chi connectivity index (χ0n) is 18.1. The van der Waals surface area contributed by atoms with Crippen LogP contribution < -0.4 is 10.2 Å². The van der Waals surface area contributed by atoms with Gasteiger partial charge in [0.1, 0.15) is 0 Å². The number of nitrogens with one attached hydrogen (secondary N) is 1. The van der Waals surface area contributed by atoms with Crippen LogP contribution in [0, 0.1) is 11.8 Å². The Balaban J connectivity index is 1.59. The van der Waals surface area contributed by atoms with Crippen LogP contribution >= 0.6 is 0 Å². The molecule has 1 saturated carbocycles. The van der Waals surface area contributed by atoms with Gasteiger partial charge in [-0.15, -0.1) is 0 Å². The van der Waals surface area contributed by atoms with Gasteiger partial charge in [0.2, 0.25) is 0 Å². The Morgan fingerprint density at radius 2 is 1.83 bits per heavy atom. The van der Waals surface area contributed by atoms with Gasteiger partial charge in [0.05, 0.1) is 29.3 Å². The Hall–Kier alpha value is -2.82. The lowest BCUT2D eigenvalue weighted by Gasteiger charge is -2.46. The van der Waals surface area contributed by atoms with E-state index < -0.39 is 0 Å². The molecule has 2 aromatic heterocycles. The van der Waals surface area contributed by atoms with Crippen molar-refractivity contribution >= 4 is 11.4 Å². The Bertz CT molecular complexity index is 1010. The first-order valence-electron chi connectivity index (χ1n) is 11.3. The summed E-state index contributed by atoms with van der Waals surface area (Å²) in [6.45, 7) is 8.67. The number of benzene rings is 1. The molecule has 5 rings (SSSR count). The van der Waals surface area contributed by atoms with Gasteiger partial charge in [0.25, 0.3) is 0 Å². The summed E-state index contributed by atoms with van der Waals surface area (Å²) < 4.78 is 1.96. The molecule has 5 nitrogen and oxygen atoms in total. The average Bonchev–Trinajstić information content (AvgIpc) is 3.50. The fraction of sp³-hybridized carbons (Fsp3) is 0.440. The number of hydrogen-bond donors (Lipinski definition) is 1. The number of rotatable bonds is 6. The van der Waals surface area contributed by atoms with Crippen molar-refractivity contribution in [1.82, 2.24) is 14.8 Å². The Morgan fingerprint density at radius 1 is 1.03 bits per heavy atom. The van der Waals surface area contributed by atoms with E-state index in [0.29, 0.717) is 12.0 Å². The SMILES string of the molecule is CCN1c2ccc(-c3cnn(CC)c3)nc2C(Nc2ccccc2)[C@@H](C)C1C1CC1. The summed E-state index contributed by atoms with van der Waals surface area (Å²) in [6, 6.07) is 15.8. The van der Waals surface area contributed by atoms with Crippen LogP contribution in [0.15, 0.2) is 54.9 Å². The quantitative estimate of drug-likeness (QED) is 0.603. The topological polar surface area (TPSA) is 46.0 Å². The highest BCUT2D eigenvalue weighted by Gasteiger charge is 2.46. The van der Waals surface area contributed by atoms with E-state index in [1.54, 1.807) is 0 Å². The van der Waals surface area contributed by atoms with E-state index in [1.807, 2.05) is 10.9 Å². The fourth-order valence-electron chi connectivity index (χ4n) is 5.08. The third-order valence-electron chi connectivity index (χ3n) is 6.73. The second-order valence-corrected chi connectivity index (χ2v) is 8.65. The molecule has 3 atom stereocenters. The Labute approximate surface area is 179 Å². The van der Waals surface area contributed by atoms with Crippen LogP contribution in [-0.2, 0) is 6.54 Å². The van der Waals surface area contributed by atoms with Crippen LogP contribution in [0.3, 0.4) is 0 Å². The lowest BCUT2D eigenvalue weighted by atomic mass is 9.82. The molecule has 5 heteroatoms. The molecule has 0 saturated heterocycles. The predicted molar refractivity (Wildman–Crippen MR) is 123 cm³/mol. The van der Waals surface area contributed by atoms with Crippen molar-refractivity contribution in [3.05, 3.63) is 60.6 Å². The van der Waals surface area contributed by atoms with Crippen molar-refractivity contribution < 1.29 is 0 Å². The fourth-order valence-corrected chi connectivity index (χ4v) is 5.08. The van der Waals surface area contributed by atoms with Crippen molar-refractivity contribution in [2.75, 3.05) is 16.8 Å². The summed E-state index contributed by atoms with van der Waals surface area (Å²) in [5.41, 5.74) is 5.68. The van der Waals surface area contributed by atoms with Crippen molar-refractivity contribution in [2.24, 2.45) is 11.8 Å². The molecule has 1 aliphatic carbocycles. The molecule has 0 radical (unpaired) electrons. The molecular formula is C25H31N5. The summed E-state index contributed by atoms with van der Waals surface area (Å²) >= 11 is 0. The molecule has 2 aliphatic rings. The van der Waals surface area contributed by atoms with Crippen LogP contribution in [0.2, 0.25) is 0 Å². The summed E-state index contributed by atoms with van der Waals surface area (Å²) in [5, 5.41) is 8.28. The van der Waals surface area contributed by atoms with Crippen LogP contribution in [-0.4, -0.2) is 27.4 Å². The zero-order valence-corrected chi connectivity index (χ0v) is 18.1. The average molecular weight is 402 g/mol. The molecule has 2 unspecified atom stereocenters. The number of hydrogen-bond acceptors (Lipinski definition) is 4. The van der Waals surface area contributed by atoms with Gasteiger partial charge in [0.15, 0.2) is 0 Å². The van der Waals surface area contributed by atoms with Gasteiger partial charge in [-0.1, -0.05) is 25.1 Å². The van der Waals surface area contributed by atoms with Crippen molar-refractivity contribution in [2.45, 2.75) is 52.2 Å². The third kappa shape index (κ3) is 3.36. The number of pyridine rings is 1. The summed E-state index contributed by atoms with van der Waals surface area (Å²) in [6.07, 6.45) is 6.71. The standard InChI is InChI=1S/C25H31N5/c1-4-29-16-19(15-26-29)21-13-14-22-24(28-21)23(27-20-9-7-6-8-10-20)17(3)25(18-11-12-18)30(22)5-2/h6-10,13-18,23,25,27H,4-5,11-12H2,1-3H3/t17-,23?,25?/m1/s1. The minimum absolute atomic E-state index is 0.192. The van der Waals surface area contributed by atoms with Crippen molar-refractivity contribution in [1.29, 1.82) is 0 Å². The van der Waals surface area contributed by atoms with Gasteiger partial charge in [-0.25, -0.2) is 4.98 Å². The van der Waals surface area contributed by atoms with Gasteiger partial charge in [0, 0.05) is 42.5 Å². The van der Waals surface area contributed by atoms with Gasteiger partial charge >= 0.3 is 0 Å². The minimum atomic E-state index is 0.192. The summed E-state index contributed by atoms with van der Waals surface area (Å²) in [7, 11) is 0. The zero-order chi connectivity index (χ0) is 20.7. The molecule has 0 amide bonds. The monoisotopic (exact) mass is 401 g/mol. The van der Waals surface area contributed by atoms with Gasteiger partial charge in [-0.05, 0) is 56.9 Å². The first-order chi connectivity index (χ1) is 14.7. The van der Waals surface area contributed by atoms with E-state index in [4.69, 9.17) is 4.98 Å². The molecule has 3 heterocycles. The lowest BCUT2D eigenvalue weighted by Crippen LogP contribution is -2.49. The van der Waals surface area contributed by atoms with E-state index in [0.717, 1.165) is 41.6 Å². The highest BCUT2D eigenvalue weighted by Crippen LogP contribution is 2.49. The summed E-state index contributed by atoms with van der Waals surface area (Å²) in [4.78, 5) is 7.82. The maximum absolute atomic E-state index is 5.21. The van der Waals surface area contributed by atoms with E-state index in [-0.39, 0.29) is 6.04 Å². The molecule has 0 bridgehead atoms. The normalized spacial score (nSPS) is 23.3. The van der Waals surface area contributed by atoms with Gasteiger partial charge < -0.3 is 10.2 Å². The molecule has 1 aliphatic heterocycles. The Morgan fingerprint density at radius 3 is 2.50 bits per heavy atom. The highest BCUT2D eigenvalue weighted by atomic mass is 15.3. The summed E-state index contributed by atoms with van der Waals surface area (Å²) in [5.74, 6) is 1.28.